The Balaban J connectivity index is 2.37. The molecule has 1 aliphatic rings. The third-order valence-corrected chi connectivity index (χ3v) is 3.40. The van der Waals surface area contributed by atoms with Crippen LogP contribution in [0.2, 0.25) is 0 Å². The molecule has 0 heterocycles. The molecule has 0 spiro atoms. The first-order chi connectivity index (χ1) is 6.06. The molecule has 1 fully saturated rings. The highest BCUT2D eigenvalue weighted by Gasteiger charge is 2.32. The highest BCUT2D eigenvalue weighted by atomic mass is 16.3. The third-order valence-electron chi connectivity index (χ3n) is 3.40. The van der Waals surface area contributed by atoms with Crippen LogP contribution in [0.3, 0.4) is 0 Å². The summed E-state index contributed by atoms with van der Waals surface area (Å²) in [5.74, 6) is 1.51. The van der Waals surface area contributed by atoms with Crippen LogP contribution in [0.15, 0.2) is 0 Å². The maximum Gasteiger partial charge on any atom is 0.0650 e. The van der Waals surface area contributed by atoms with Crippen LogP contribution >= 0.6 is 0 Å². The van der Waals surface area contributed by atoms with Crippen LogP contribution in [-0.4, -0.2) is 10.7 Å². The van der Waals surface area contributed by atoms with Crippen molar-refractivity contribution >= 4 is 0 Å². The Hall–Kier alpha value is -0.0400. The van der Waals surface area contributed by atoms with E-state index in [0.29, 0.717) is 5.92 Å². The van der Waals surface area contributed by atoms with Crippen molar-refractivity contribution in [2.45, 2.75) is 64.9 Å². The Morgan fingerprint density at radius 2 is 1.85 bits per heavy atom. The molecule has 1 N–H and O–H groups in total. The number of hydrogen-bond acceptors (Lipinski definition) is 1. The molecule has 0 unspecified atom stereocenters. The number of hydrogen-bond donors (Lipinski definition) is 1. The molecule has 1 rings (SSSR count). The molecule has 0 bridgehead atoms. The second-order valence-electron chi connectivity index (χ2n) is 5.17. The van der Waals surface area contributed by atoms with Gasteiger partial charge in [-0.1, -0.05) is 27.2 Å². The molecular formula is C12H24O. The first-order valence-electron chi connectivity index (χ1n) is 5.78. The van der Waals surface area contributed by atoms with Gasteiger partial charge in [-0.05, 0) is 43.9 Å². The molecule has 0 aromatic rings. The van der Waals surface area contributed by atoms with Gasteiger partial charge in [-0.25, -0.2) is 0 Å². The SMILES string of the molecule is CCC1CCC(O)(CC(C)C)CC1. The summed E-state index contributed by atoms with van der Waals surface area (Å²) in [6.45, 7) is 6.66. The fraction of sp³-hybridized carbons (Fsp3) is 1.00. The fourth-order valence-electron chi connectivity index (χ4n) is 2.59. The summed E-state index contributed by atoms with van der Waals surface area (Å²) in [4.78, 5) is 0. The van der Waals surface area contributed by atoms with Crippen molar-refractivity contribution in [3.05, 3.63) is 0 Å². The standard InChI is InChI=1S/C12H24O/c1-4-11-5-7-12(13,8-6-11)9-10(2)3/h10-11,13H,4-9H2,1-3H3. The molecule has 1 heteroatoms. The minimum absolute atomic E-state index is 0.320. The average molecular weight is 184 g/mol. The van der Waals surface area contributed by atoms with Crippen molar-refractivity contribution < 1.29 is 5.11 Å². The summed E-state index contributed by atoms with van der Waals surface area (Å²) in [6.07, 6.45) is 6.81. The maximum atomic E-state index is 10.3. The molecule has 13 heavy (non-hydrogen) atoms. The van der Waals surface area contributed by atoms with E-state index in [1.54, 1.807) is 0 Å². The Bertz CT molecular complexity index is 143. The zero-order valence-corrected chi connectivity index (χ0v) is 9.34. The molecule has 0 aromatic carbocycles. The van der Waals surface area contributed by atoms with E-state index in [9.17, 15) is 5.11 Å². The van der Waals surface area contributed by atoms with Crippen LogP contribution < -0.4 is 0 Å². The lowest BCUT2D eigenvalue weighted by Crippen LogP contribution is -2.35. The van der Waals surface area contributed by atoms with Crippen molar-refractivity contribution in [2.75, 3.05) is 0 Å². The zero-order chi connectivity index (χ0) is 9.90. The van der Waals surface area contributed by atoms with Gasteiger partial charge in [0.25, 0.3) is 0 Å². The van der Waals surface area contributed by atoms with E-state index >= 15 is 0 Å². The Kier molecular flexibility index (Phi) is 3.78. The van der Waals surface area contributed by atoms with E-state index < -0.39 is 0 Å². The molecule has 0 atom stereocenters. The van der Waals surface area contributed by atoms with Crippen LogP contribution in [0.5, 0.6) is 0 Å². The first kappa shape index (κ1) is 11.0. The van der Waals surface area contributed by atoms with E-state index in [2.05, 4.69) is 20.8 Å². The van der Waals surface area contributed by atoms with E-state index in [-0.39, 0.29) is 5.60 Å². The van der Waals surface area contributed by atoms with Gasteiger partial charge >= 0.3 is 0 Å². The molecule has 0 aromatic heterocycles. The van der Waals surface area contributed by atoms with Crippen molar-refractivity contribution in [2.24, 2.45) is 11.8 Å². The van der Waals surface area contributed by atoms with Crippen LogP contribution in [0.4, 0.5) is 0 Å². The van der Waals surface area contributed by atoms with Gasteiger partial charge in [0.15, 0.2) is 0 Å². The van der Waals surface area contributed by atoms with Gasteiger partial charge < -0.3 is 5.11 Å². The zero-order valence-electron chi connectivity index (χ0n) is 9.34. The summed E-state index contributed by atoms with van der Waals surface area (Å²) in [5, 5.41) is 10.3. The molecule has 78 valence electrons. The summed E-state index contributed by atoms with van der Waals surface area (Å²) in [7, 11) is 0. The van der Waals surface area contributed by atoms with Gasteiger partial charge in [-0.15, -0.1) is 0 Å². The molecule has 0 radical (unpaired) electrons. The van der Waals surface area contributed by atoms with Crippen LogP contribution in [0, 0.1) is 11.8 Å². The van der Waals surface area contributed by atoms with Gasteiger partial charge in [-0.3, -0.25) is 0 Å². The molecule has 0 amide bonds. The minimum Gasteiger partial charge on any atom is -0.390 e. The normalized spacial score (nSPS) is 35.3. The lowest BCUT2D eigenvalue weighted by Gasteiger charge is -2.37. The Morgan fingerprint density at radius 1 is 1.31 bits per heavy atom. The summed E-state index contributed by atoms with van der Waals surface area (Å²) in [6, 6.07) is 0. The maximum absolute atomic E-state index is 10.3. The molecule has 1 saturated carbocycles. The summed E-state index contributed by atoms with van der Waals surface area (Å²) in [5.41, 5.74) is -0.320. The van der Waals surface area contributed by atoms with E-state index in [1.807, 2.05) is 0 Å². The van der Waals surface area contributed by atoms with Crippen molar-refractivity contribution in [1.29, 1.82) is 0 Å². The quantitative estimate of drug-likeness (QED) is 0.713. The van der Waals surface area contributed by atoms with Crippen molar-refractivity contribution in [3.63, 3.8) is 0 Å². The van der Waals surface area contributed by atoms with E-state index in [1.165, 1.54) is 19.3 Å². The second-order valence-corrected chi connectivity index (χ2v) is 5.17. The highest BCUT2D eigenvalue weighted by Crippen LogP contribution is 2.37. The summed E-state index contributed by atoms with van der Waals surface area (Å²) < 4.78 is 0. The van der Waals surface area contributed by atoms with E-state index in [4.69, 9.17) is 0 Å². The predicted octanol–water partition coefficient (Wildman–Crippen LogP) is 3.36. The smallest absolute Gasteiger partial charge is 0.0650 e. The minimum atomic E-state index is -0.320. The van der Waals surface area contributed by atoms with Gasteiger partial charge in [0, 0.05) is 0 Å². The second kappa shape index (κ2) is 4.45. The average Bonchev–Trinajstić information content (AvgIpc) is 2.04. The first-order valence-corrected chi connectivity index (χ1v) is 5.78. The molecular weight excluding hydrogens is 160 g/mol. The lowest BCUT2D eigenvalue weighted by molar-refractivity contribution is -0.0262. The summed E-state index contributed by atoms with van der Waals surface area (Å²) >= 11 is 0. The lowest BCUT2D eigenvalue weighted by atomic mass is 9.74. The molecule has 1 nitrogen and oxygen atoms in total. The van der Waals surface area contributed by atoms with Gasteiger partial charge in [0.1, 0.15) is 0 Å². The van der Waals surface area contributed by atoms with Crippen molar-refractivity contribution in [1.82, 2.24) is 0 Å². The van der Waals surface area contributed by atoms with Crippen LogP contribution in [0.25, 0.3) is 0 Å². The Morgan fingerprint density at radius 3 is 2.23 bits per heavy atom. The molecule has 0 saturated heterocycles. The monoisotopic (exact) mass is 184 g/mol. The Labute approximate surface area is 82.5 Å². The largest absolute Gasteiger partial charge is 0.390 e. The third kappa shape index (κ3) is 3.30. The van der Waals surface area contributed by atoms with Gasteiger partial charge in [-0.2, -0.15) is 0 Å². The predicted molar refractivity (Wildman–Crippen MR) is 56.7 cm³/mol. The highest BCUT2D eigenvalue weighted by molar-refractivity contribution is 4.85. The number of aliphatic hydroxyl groups is 1. The topological polar surface area (TPSA) is 20.2 Å². The van der Waals surface area contributed by atoms with Gasteiger partial charge in [0.2, 0.25) is 0 Å². The van der Waals surface area contributed by atoms with Crippen molar-refractivity contribution in [3.8, 4) is 0 Å². The molecule has 1 aliphatic carbocycles. The van der Waals surface area contributed by atoms with E-state index in [0.717, 1.165) is 25.2 Å². The van der Waals surface area contributed by atoms with Crippen LogP contribution in [0.1, 0.15) is 59.3 Å². The molecule has 0 aliphatic heterocycles. The number of rotatable bonds is 3. The van der Waals surface area contributed by atoms with Gasteiger partial charge in [0.05, 0.1) is 5.60 Å². The van der Waals surface area contributed by atoms with Crippen LogP contribution in [-0.2, 0) is 0 Å². The fourth-order valence-corrected chi connectivity index (χ4v) is 2.59.